The molecule has 0 saturated carbocycles. The van der Waals surface area contributed by atoms with Crippen LogP contribution >= 0.6 is 0 Å². The number of hydrogen-bond donors (Lipinski definition) is 2. The zero-order valence-electron chi connectivity index (χ0n) is 8.06. The van der Waals surface area contributed by atoms with Gasteiger partial charge in [-0.1, -0.05) is 0 Å². The SMILES string of the molecule is C=C1[I-]C(=N)N(C)C(N)=C1N(C)C. The van der Waals surface area contributed by atoms with Crippen molar-refractivity contribution in [2.24, 2.45) is 5.73 Å². The van der Waals surface area contributed by atoms with Gasteiger partial charge in [0.15, 0.2) is 0 Å². The number of rotatable bonds is 1. The second-order valence-corrected chi connectivity index (χ2v) is 5.84. The minimum absolute atomic E-state index is 0.417. The van der Waals surface area contributed by atoms with Gasteiger partial charge in [0.2, 0.25) is 0 Å². The summed E-state index contributed by atoms with van der Waals surface area (Å²) in [4.78, 5) is 3.69. The zero-order valence-corrected chi connectivity index (χ0v) is 10.2. The van der Waals surface area contributed by atoms with Gasteiger partial charge in [-0.25, -0.2) is 0 Å². The van der Waals surface area contributed by atoms with Crippen LogP contribution in [0.1, 0.15) is 0 Å². The Balaban J connectivity index is 3.14. The summed E-state index contributed by atoms with van der Waals surface area (Å²) in [6.07, 6.45) is 0. The zero-order chi connectivity index (χ0) is 10.2. The van der Waals surface area contributed by atoms with Crippen LogP contribution in [0.15, 0.2) is 21.7 Å². The van der Waals surface area contributed by atoms with Crippen LogP contribution in [0.3, 0.4) is 0 Å². The number of nitrogens with two attached hydrogens (primary N) is 1. The van der Waals surface area contributed by atoms with Gasteiger partial charge in [0.05, 0.1) is 0 Å². The Morgan fingerprint density at radius 1 is 1.54 bits per heavy atom. The number of allylic oxidation sites excluding steroid dienone is 1. The molecule has 0 amide bonds. The molecule has 5 heteroatoms. The molecule has 0 aromatic rings. The van der Waals surface area contributed by atoms with Crippen LogP contribution < -0.4 is 26.9 Å². The first kappa shape index (κ1) is 10.4. The number of halogens is 1. The molecule has 13 heavy (non-hydrogen) atoms. The van der Waals surface area contributed by atoms with Gasteiger partial charge in [-0.05, 0) is 0 Å². The van der Waals surface area contributed by atoms with E-state index in [4.69, 9.17) is 11.1 Å². The molecule has 1 aliphatic heterocycles. The van der Waals surface area contributed by atoms with Crippen molar-refractivity contribution < 1.29 is 21.2 Å². The number of amidine groups is 1. The summed E-state index contributed by atoms with van der Waals surface area (Å²) in [5.74, 6) is 0.631. The maximum atomic E-state index is 7.67. The first-order chi connectivity index (χ1) is 5.95. The Kier molecular flexibility index (Phi) is 2.84. The van der Waals surface area contributed by atoms with Crippen LogP contribution in [0.5, 0.6) is 0 Å². The van der Waals surface area contributed by atoms with Crippen LogP contribution in [0.25, 0.3) is 0 Å². The summed E-state index contributed by atoms with van der Waals surface area (Å²) in [5.41, 5.74) is 6.86. The van der Waals surface area contributed by atoms with Gasteiger partial charge in [0.25, 0.3) is 0 Å². The molecule has 0 aromatic heterocycles. The van der Waals surface area contributed by atoms with Crippen molar-refractivity contribution in [3.05, 3.63) is 21.7 Å². The Labute approximate surface area is 88.8 Å². The van der Waals surface area contributed by atoms with E-state index in [1.54, 1.807) is 4.90 Å². The average molecular weight is 293 g/mol. The average Bonchev–Trinajstić information content (AvgIpc) is 1.99. The van der Waals surface area contributed by atoms with Crippen molar-refractivity contribution in [1.82, 2.24) is 9.80 Å². The van der Waals surface area contributed by atoms with Crippen LogP contribution in [0.2, 0.25) is 0 Å². The molecule has 1 rings (SSSR count). The molecule has 3 N–H and O–H groups in total. The number of nitrogens with one attached hydrogen (secondary N) is 1. The summed E-state index contributed by atoms with van der Waals surface area (Å²) >= 11 is -0.417. The second kappa shape index (κ2) is 3.57. The Morgan fingerprint density at radius 3 is 2.54 bits per heavy atom. The van der Waals surface area contributed by atoms with Crippen LogP contribution in [0.4, 0.5) is 0 Å². The minimum atomic E-state index is -0.417. The molecule has 0 aromatic carbocycles. The first-order valence-corrected chi connectivity index (χ1v) is 5.94. The van der Waals surface area contributed by atoms with E-state index in [0.717, 1.165) is 9.28 Å². The normalized spacial score (nSPS) is 18.8. The van der Waals surface area contributed by atoms with E-state index in [9.17, 15) is 0 Å². The van der Waals surface area contributed by atoms with Crippen molar-refractivity contribution in [2.45, 2.75) is 0 Å². The molecule has 4 nitrogen and oxygen atoms in total. The molecule has 1 heterocycles. The predicted molar refractivity (Wildman–Crippen MR) is 49.5 cm³/mol. The molecular weight excluding hydrogens is 279 g/mol. The molecule has 0 atom stereocenters. The number of nitrogens with zero attached hydrogens (tertiary/aromatic N) is 2. The maximum absolute atomic E-state index is 7.67. The molecule has 0 spiro atoms. The van der Waals surface area contributed by atoms with E-state index >= 15 is 0 Å². The van der Waals surface area contributed by atoms with Gasteiger partial charge in [-0.2, -0.15) is 0 Å². The van der Waals surface area contributed by atoms with E-state index in [-0.39, 0.29) is 0 Å². The van der Waals surface area contributed by atoms with E-state index in [2.05, 4.69) is 6.58 Å². The first-order valence-electron chi connectivity index (χ1n) is 3.78. The van der Waals surface area contributed by atoms with E-state index in [0.29, 0.717) is 9.66 Å². The fraction of sp³-hybridized carbons (Fsp3) is 0.375. The molecule has 0 bridgehead atoms. The number of likely N-dealkylation sites (N-methyl/N-ethyl adjacent to an activating group) is 1. The molecule has 0 fully saturated rings. The molecule has 0 unspecified atom stereocenters. The van der Waals surface area contributed by atoms with Gasteiger partial charge in [-0.15, -0.1) is 0 Å². The van der Waals surface area contributed by atoms with Crippen LogP contribution in [0, 0.1) is 5.41 Å². The molecule has 0 radical (unpaired) electrons. The topological polar surface area (TPSA) is 56.4 Å². The van der Waals surface area contributed by atoms with E-state index < -0.39 is 21.2 Å². The fourth-order valence-corrected chi connectivity index (χ4v) is 3.34. The number of hydrogen-bond acceptors (Lipinski definition) is 3. The van der Waals surface area contributed by atoms with Crippen molar-refractivity contribution in [2.75, 3.05) is 21.1 Å². The van der Waals surface area contributed by atoms with E-state index in [1.165, 1.54) is 0 Å². The summed E-state index contributed by atoms with van der Waals surface area (Å²) in [5, 5.41) is 7.67. The molecule has 0 aliphatic carbocycles. The van der Waals surface area contributed by atoms with Gasteiger partial charge < -0.3 is 0 Å². The van der Waals surface area contributed by atoms with Crippen molar-refractivity contribution >= 4 is 3.84 Å². The van der Waals surface area contributed by atoms with Gasteiger partial charge in [0.1, 0.15) is 0 Å². The quantitative estimate of drug-likeness (QED) is 0.404. The van der Waals surface area contributed by atoms with Crippen molar-refractivity contribution in [3.8, 4) is 0 Å². The third-order valence-corrected chi connectivity index (χ3v) is 4.20. The predicted octanol–water partition coefficient (Wildman–Crippen LogP) is -2.84. The fourth-order valence-electron chi connectivity index (χ4n) is 1.09. The van der Waals surface area contributed by atoms with Crippen LogP contribution in [-0.4, -0.2) is 34.8 Å². The molecule has 74 valence electrons. The summed E-state index contributed by atoms with van der Waals surface area (Å²) < 4.78 is 1.62. The van der Waals surface area contributed by atoms with Gasteiger partial charge in [-0.3, -0.25) is 0 Å². The van der Waals surface area contributed by atoms with E-state index in [1.807, 2.05) is 26.0 Å². The van der Waals surface area contributed by atoms with Gasteiger partial charge >= 0.3 is 88.8 Å². The van der Waals surface area contributed by atoms with Gasteiger partial charge in [0, 0.05) is 0 Å². The third kappa shape index (κ3) is 1.79. The standard InChI is InChI=1S/C8H14IN4/c1-5-6(12(2)3)7(10)13(4)8(11)9-5/h11H,1,10H2,2-4H3/q-1. The molecule has 0 saturated heterocycles. The summed E-state index contributed by atoms with van der Waals surface area (Å²) in [6, 6.07) is 0. The Hall–Kier alpha value is -0.720. The monoisotopic (exact) mass is 293 g/mol. The van der Waals surface area contributed by atoms with Crippen LogP contribution in [-0.2, 0) is 0 Å². The third-order valence-electron chi connectivity index (χ3n) is 1.81. The Morgan fingerprint density at radius 2 is 2.08 bits per heavy atom. The Bertz CT molecular complexity index is 293. The summed E-state index contributed by atoms with van der Waals surface area (Å²) in [6.45, 7) is 3.95. The molecular formula is C8H14IN4-. The summed E-state index contributed by atoms with van der Waals surface area (Å²) in [7, 11) is 5.72. The molecule has 1 aliphatic rings. The van der Waals surface area contributed by atoms with Crippen molar-refractivity contribution in [3.63, 3.8) is 0 Å². The second-order valence-electron chi connectivity index (χ2n) is 2.98. The van der Waals surface area contributed by atoms with Crippen molar-refractivity contribution in [1.29, 1.82) is 5.41 Å².